The van der Waals surface area contributed by atoms with E-state index in [1.807, 2.05) is 0 Å². The van der Waals surface area contributed by atoms with Crippen LogP contribution in [0, 0.1) is 11.8 Å². The van der Waals surface area contributed by atoms with Gasteiger partial charge in [-0.2, -0.15) is 0 Å². The molecule has 0 bridgehead atoms. The van der Waals surface area contributed by atoms with Crippen molar-refractivity contribution in [3.05, 3.63) is 0 Å². The third kappa shape index (κ3) is 1.76. The highest BCUT2D eigenvalue weighted by atomic mass is 16.5. The summed E-state index contributed by atoms with van der Waals surface area (Å²) in [6.45, 7) is 0. The van der Waals surface area contributed by atoms with Crippen LogP contribution in [0.3, 0.4) is 0 Å². The van der Waals surface area contributed by atoms with E-state index in [1.54, 1.807) is 0 Å². The average Bonchev–Trinajstić information content (AvgIpc) is 2.50. The van der Waals surface area contributed by atoms with E-state index in [-0.39, 0.29) is 17.8 Å². The second kappa shape index (κ2) is 3.87. The summed E-state index contributed by atoms with van der Waals surface area (Å²) in [4.78, 5) is 11.1. The van der Waals surface area contributed by atoms with Gasteiger partial charge < -0.3 is 14.9 Å². The van der Waals surface area contributed by atoms with Crippen LogP contribution in [-0.2, 0) is 9.53 Å². The number of aliphatic hydroxyl groups is 2. The molecule has 0 saturated heterocycles. The van der Waals surface area contributed by atoms with E-state index in [0.717, 1.165) is 6.42 Å². The number of aliphatic hydroxyl groups excluding tert-OH is 1. The number of esters is 1. The topological polar surface area (TPSA) is 66.8 Å². The summed E-state index contributed by atoms with van der Waals surface area (Å²) in [7, 11) is 1.32. The molecule has 0 aromatic carbocycles. The van der Waals surface area contributed by atoms with Crippen molar-refractivity contribution in [3.8, 4) is 0 Å². The second-order valence-corrected chi connectivity index (χ2v) is 3.14. The lowest BCUT2D eigenvalue weighted by atomic mass is 9.96. The molecular weight excluding hydrogens is 160 g/mol. The van der Waals surface area contributed by atoms with Crippen LogP contribution < -0.4 is 0 Å². The Labute approximate surface area is 71.2 Å². The van der Waals surface area contributed by atoms with Gasteiger partial charge in [0, 0.05) is 5.92 Å². The summed E-state index contributed by atoms with van der Waals surface area (Å²) >= 11 is 0. The summed E-state index contributed by atoms with van der Waals surface area (Å²) in [5.41, 5.74) is 0. The van der Waals surface area contributed by atoms with Crippen LogP contribution >= 0.6 is 0 Å². The highest BCUT2D eigenvalue weighted by molar-refractivity contribution is 5.73. The van der Waals surface area contributed by atoms with Crippen molar-refractivity contribution in [1.82, 2.24) is 0 Å². The van der Waals surface area contributed by atoms with Crippen LogP contribution in [0.5, 0.6) is 0 Å². The fraction of sp³-hybridized carbons (Fsp3) is 0.875. The Morgan fingerprint density at radius 1 is 1.50 bits per heavy atom. The Balaban J connectivity index is 2.57. The number of methoxy groups -OCH3 is 1. The zero-order chi connectivity index (χ0) is 9.14. The first-order valence-electron chi connectivity index (χ1n) is 4.10. The molecular formula is C8H14O4. The molecule has 70 valence electrons. The molecule has 0 heterocycles. The number of hydrogen-bond acceptors (Lipinski definition) is 4. The first-order valence-corrected chi connectivity index (χ1v) is 4.10. The standard InChI is InChI=1S/C8H14O4/c1-12-8(11)6-4-2-3-5(6)7(9)10/h5-7,9-10H,2-4H2,1H3. The van der Waals surface area contributed by atoms with Crippen molar-refractivity contribution in [2.75, 3.05) is 7.11 Å². The van der Waals surface area contributed by atoms with Crippen LogP contribution in [0.4, 0.5) is 0 Å². The molecule has 1 aliphatic rings. The zero-order valence-corrected chi connectivity index (χ0v) is 7.06. The number of ether oxygens (including phenoxy) is 1. The Hall–Kier alpha value is -0.610. The normalized spacial score (nSPS) is 29.3. The van der Waals surface area contributed by atoms with Gasteiger partial charge in [-0.15, -0.1) is 0 Å². The smallest absolute Gasteiger partial charge is 0.309 e. The predicted octanol–water partition coefficient (Wildman–Crippen LogP) is -0.114. The van der Waals surface area contributed by atoms with Crippen molar-refractivity contribution >= 4 is 5.97 Å². The lowest BCUT2D eigenvalue weighted by Gasteiger charge is -2.18. The third-order valence-corrected chi connectivity index (χ3v) is 2.46. The molecule has 1 aliphatic carbocycles. The maximum absolute atomic E-state index is 11.1. The zero-order valence-electron chi connectivity index (χ0n) is 7.06. The van der Waals surface area contributed by atoms with Crippen molar-refractivity contribution < 1.29 is 19.7 Å². The van der Waals surface area contributed by atoms with Gasteiger partial charge in [-0.3, -0.25) is 4.79 Å². The lowest BCUT2D eigenvalue weighted by molar-refractivity contribution is -0.154. The molecule has 0 spiro atoms. The predicted molar refractivity (Wildman–Crippen MR) is 41.1 cm³/mol. The van der Waals surface area contributed by atoms with E-state index in [4.69, 9.17) is 10.2 Å². The molecule has 1 saturated carbocycles. The van der Waals surface area contributed by atoms with Gasteiger partial charge in [0.15, 0.2) is 6.29 Å². The molecule has 4 nitrogen and oxygen atoms in total. The fourth-order valence-electron chi connectivity index (χ4n) is 1.79. The highest BCUT2D eigenvalue weighted by Gasteiger charge is 2.37. The van der Waals surface area contributed by atoms with E-state index in [9.17, 15) is 4.79 Å². The van der Waals surface area contributed by atoms with E-state index in [2.05, 4.69) is 4.74 Å². The van der Waals surface area contributed by atoms with Gasteiger partial charge in [0.25, 0.3) is 0 Å². The number of carbonyl (C=O) groups excluding carboxylic acids is 1. The van der Waals surface area contributed by atoms with Crippen LogP contribution in [0.2, 0.25) is 0 Å². The summed E-state index contributed by atoms with van der Waals surface area (Å²) < 4.78 is 4.55. The van der Waals surface area contributed by atoms with Crippen LogP contribution in [0.15, 0.2) is 0 Å². The van der Waals surface area contributed by atoms with Gasteiger partial charge in [-0.05, 0) is 12.8 Å². The maximum atomic E-state index is 11.1. The van der Waals surface area contributed by atoms with E-state index < -0.39 is 6.29 Å². The second-order valence-electron chi connectivity index (χ2n) is 3.14. The summed E-state index contributed by atoms with van der Waals surface area (Å²) in [6.07, 6.45) is 0.866. The van der Waals surface area contributed by atoms with Gasteiger partial charge in [-0.25, -0.2) is 0 Å². The molecule has 0 amide bonds. The minimum absolute atomic E-state index is 0.324. The van der Waals surface area contributed by atoms with Crippen molar-refractivity contribution in [2.24, 2.45) is 11.8 Å². The molecule has 0 aromatic heterocycles. The monoisotopic (exact) mass is 174 g/mol. The number of hydrogen-bond donors (Lipinski definition) is 2. The van der Waals surface area contributed by atoms with Crippen LogP contribution in [-0.4, -0.2) is 29.6 Å². The lowest BCUT2D eigenvalue weighted by Crippen LogP contribution is -2.29. The van der Waals surface area contributed by atoms with E-state index in [1.165, 1.54) is 7.11 Å². The largest absolute Gasteiger partial charge is 0.469 e. The van der Waals surface area contributed by atoms with Gasteiger partial charge in [-0.1, -0.05) is 6.42 Å². The van der Waals surface area contributed by atoms with E-state index >= 15 is 0 Å². The van der Waals surface area contributed by atoms with Crippen LogP contribution in [0.25, 0.3) is 0 Å². The molecule has 1 fully saturated rings. The quantitative estimate of drug-likeness (QED) is 0.452. The van der Waals surface area contributed by atoms with Gasteiger partial charge in [0.1, 0.15) is 0 Å². The molecule has 0 radical (unpaired) electrons. The Morgan fingerprint density at radius 2 is 2.17 bits per heavy atom. The molecule has 12 heavy (non-hydrogen) atoms. The minimum atomic E-state index is -1.39. The SMILES string of the molecule is COC(=O)C1CCCC1C(O)O. The third-order valence-electron chi connectivity index (χ3n) is 2.46. The Bertz CT molecular complexity index is 166. The van der Waals surface area contributed by atoms with Gasteiger partial charge >= 0.3 is 5.97 Å². The molecule has 2 unspecified atom stereocenters. The molecule has 0 aliphatic heterocycles. The van der Waals surface area contributed by atoms with Gasteiger partial charge in [0.2, 0.25) is 0 Å². The van der Waals surface area contributed by atoms with E-state index in [0.29, 0.717) is 12.8 Å². The molecule has 1 rings (SSSR count). The van der Waals surface area contributed by atoms with Crippen molar-refractivity contribution in [2.45, 2.75) is 25.6 Å². The summed E-state index contributed by atoms with van der Waals surface area (Å²) in [6, 6.07) is 0. The summed E-state index contributed by atoms with van der Waals surface area (Å²) in [5.74, 6) is -0.988. The Morgan fingerprint density at radius 3 is 2.67 bits per heavy atom. The average molecular weight is 174 g/mol. The van der Waals surface area contributed by atoms with Gasteiger partial charge in [0.05, 0.1) is 13.0 Å². The first-order chi connectivity index (χ1) is 5.66. The molecule has 2 N–H and O–H groups in total. The number of rotatable bonds is 2. The Kier molecular flexibility index (Phi) is 3.05. The maximum Gasteiger partial charge on any atom is 0.309 e. The minimum Gasteiger partial charge on any atom is -0.469 e. The van der Waals surface area contributed by atoms with Crippen molar-refractivity contribution in [3.63, 3.8) is 0 Å². The summed E-state index contributed by atoms with van der Waals surface area (Å²) in [5, 5.41) is 17.8. The first kappa shape index (κ1) is 9.48. The fourth-order valence-corrected chi connectivity index (χ4v) is 1.79. The molecule has 4 heteroatoms. The highest BCUT2D eigenvalue weighted by Crippen LogP contribution is 2.34. The van der Waals surface area contributed by atoms with Crippen LogP contribution in [0.1, 0.15) is 19.3 Å². The molecule has 0 aromatic rings. The van der Waals surface area contributed by atoms with Crippen molar-refractivity contribution in [1.29, 1.82) is 0 Å². The molecule has 2 atom stereocenters. The number of carbonyl (C=O) groups is 1.